The molecule has 0 atom stereocenters. The lowest BCUT2D eigenvalue weighted by molar-refractivity contribution is 0.938. The Bertz CT molecular complexity index is 486. The number of rotatable bonds is 2. The molecule has 0 saturated carbocycles. The van der Waals surface area contributed by atoms with Gasteiger partial charge in [-0.2, -0.15) is 5.10 Å². The zero-order chi connectivity index (χ0) is 11.2. The van der Waals surface area contributed by atoms with Gasteiger partial charge in [0.15, 0.2) is 0 Å². The lowest BCUT2D eigenvalue weighted by Gasteiger charge is -1.96. The van der Waals surface area contributed by atoms with Crippen molar-refractivity contribution >= 4 is 0 Å². The van der Waals surface area contributed by atoms with Crippen LogP contribution in [0.25, 0.3) is 11.3 Å². The number of nitrogens with zero attached hydrogens (tertiary/aromatic N) is 1. The Morgan fingerprint density at radius 2 is 2.06 bits per heavy atom. The molecule has 0 fully saturated rings. The van der Waals surface area contributed by atoms with Crippen molar-refractivity contribution in [3.63, 3.8) is 0 Å². The van der Waals surface area contributed by atoms with Gasteiger partial charge in [-0.1, -0.05) is 24.0 Å². The molecule has 80 valence electrons. The van der Waals surface area contributed by atoms with Gasteiger partial charge in [0.1, 0.15) is 0 Å². The van der Waals surface area contributed by atoms with Crippen LogP contribution in [0.3, 0.4) is 0 Å². The Kier molecular flexibility index (Phi) is 3.37. The summed E-state index contributed by atoms with van der Waals surface area (Å²) in [7, 11) is 1.88. The molecule has 0 aliphatic carbocycles. The monoisotopic (exact) mass is 211 g/mol. The van der Waals surface area contributed by atoms with Crippen LogP contribution in [0, 0.1) is 11.8 Å². The highest BCUT2D eigenvalue weighted by atomic mass is 15.1. The summed E-state index contributed by atoms with van der Waals surface area (Å²) in [6.45, 7) is 0.711. The van der Waals surface area contributed by atoms with Gasteiger partial charge in [0.05, 0.1) is 12.2 Å². The molecular weight excluding hydrogens is 198 g/mol. The molecule has 0 amide bonds. The number of H-pyrrole nitrogens is 1. The second-order valence-electron chi connectivity index (χ2n) is 3.38. The number of nitrogens with one attached hydrogen (secondary N) is 2. The average Bonchev–Trinajstić information content (AvgIpc) is 2.84. The fraction of sp³-hybridized carbons (Fsp3) is 0.154. The van der Waals surface area contributed by atoms with E-state index in [4.69, 9.17) is 0 Å². The molecule has 0 unspecified atom stereocenters. The van der Waals surface area contributed by atoms with Crippen LogP contribution < -0.4 is 5.32 Å². The maximum atomic E-state index is 3.92. The molecule has 1 aromatic heterocycles. The van der Waals surface area contributed by atoms with Crippen molar-refractivity contribution in [2.45, 2.75) is 0 Å². The number of hydrogen-bond acceptors (Lipinski definition) is 2. The van der Waals surface area contributed by atoms with E-state index in [0.29, 0.717) is 6.54 Å². The summed E-state index contributed by atoms with van der Waals surface area (Å²) in [5.74, 6) is 6.10. The van der Waals surface area contributed by atoms with E-state index in [1.807, 2.05) is 37.4 Å². The number of aromatic nitrogens is 2. The fourth-order valence-electron chi connectivity index (χ4n) is 1.38. The zero-order valence-electron chi connectivity index (χ0n) is 9.12. The van der Waals surface area contributed by atoms with Gasteiger partial charge in [-0.25, -0.2) is 0 Å². The van der Waals surface area contributed by atoms with Crippen LogP contribution in [-0.2, 0) is 0 Å². The van der Waals surface area contributed by atoms with Crippen molar-refractivity contribution in [3.8, 4) is 23.1 Å². The van der Waals surface area contributed by atoms with Gasteiger partial charge in [0, 0.05) is 11.8 Å². The molecule has 1 aromatic carbocycles. The second kappa shape index (κ2) is 5.15. The van der Waals surface area contributed by atoms with Gasteiger partial charge in [-0.05, 0) is 30.8 Å². The highest BCUT2D eigenvalue weighted by molar-refractivity contribution is 5.59. The van der Waals surface area contributed by atoms with E-state index in [-0.39, 0.29) is 0 Å². The van der Waals surface area contributed by atoms with Crippen LogP contribution in [0.5, 0.6) is 0 Å². The number of hydrogen-bond donors (Lipinski definition) is 2. The van der Waals surface area contributed by atoms with Gasteiger partial charge in [-0.15, -0.1) is 0 Å². The van der Waals surface area contributed by atoms with Gasteiger partial charge >= 0.3 is 0 Å². The van der Waals surface area contributed by atoms with E-state index < -0.39 is 0 Å². The lowest BCUT2D eigenvalue weighted by Crippen LogP contribution is -2.04. The van der Waals surface area contributed by atoms with E-state index in [9.17, 15) is 0 Å². The van der Waals surface area contributed by atoms with Crippen molar-refractivity contribution in [1.29, 1.82) is 0 Å². The maximum Gasteiger partial charge on any atom is 0.0650 e. The Hall–Kier alpha value is -2.05. The third-order valence-electron chi connectivity index (χ3n) is 2.19. The first-order valence-corrected chi connectivity index (χ1v) is 5.13. The predicted octanol–water partition coefficient (Wildman–Crippen LogP) is 1.65. The summed E-state index contributed by atoms with van der Waals surface area (Å²) in [4.78, 5) is 0. The molecule has 0 bridgehead atoms. The van der Waals surface area contributed by atoms with Gasteiger partial charge in [0.2, 0.25) is 0 Å². The highest BCUT2D eigenvalue weighted by Crippen LogP contribution is 2.15. The number of aromatic amines is 1. The molecular formula is C13H13N3. The fourth-order valence-corrected chi connectivity index (χ4v) is 1.38. The topological polar surface area (TPSA) is 40.7 Å². The minimum Gasteiger partial charge on any atom is -0.309 e. The van der Waals surface area contributed by atoms with E-state index in [0.717, 1.165) is 16.8 Å². The van der Waals surface area contributed by atoms with Gasteiger partial charge in [0.25, 0.3) is 0 Å². The summed E-state index contributed by atoms with van der Waals surface area (Å²) in [5, 5.41) is 9.83. The van der Waals surface area contributed by atoms with E-state index >= 15 is 0 Å². The Morgan fingerprint density at radius 3 is 2.69 bits per heavy atom. The zero-order valence-corrected chi connectivity index (χ0v) is 9.12. The minimum absolute atomic E-state index is 0.711. The van der Waals surface area contributed by atoms with Gasteiger partial charge in [-0.3, -0.25) is 5.10 Å². The molecule has 0 radical (unpaired) electrons. The normalized spacial score (nSPS) is 9.56. The molecule has 0 aliphatic heterocycles. The third kappa shape index (κ3) is 2.50. The standard InChI is InChI=1S/C13H13N3/c1-14-9-2-3-11-4-6-12(7-5-11)13-8-10-15-16-13/h4-8,10,14H,9H2,1H3,(H,15,16). The SMILES string of the molecule is CNCC#Cc1ccc(-c2ccn[nH]2)cc1. The van der Waals surface area contributed by atoms with Crippen LogP contribution in [0.2, 0.25) is 0 Å². The number of benzene rings is 1. The smallest absolute Gasteiger partial charge is 0.0650 e. The van der Waals surface area contributed by atoms with E-state index in [2.05, 4.69) is 27.4 Å². The van der Waals surface area contributed by atoms with Crippen LogP contribution in [-0.4, -0.2) is 23.8 Å². The molecule has 2 aromatic rings. The molecule has 0 spiro atoms. The molecule has 3 nitrogen and oxygen atoms in total. The summed E-state index contributed by atoms with van der Waals surface area (Å²) in [6, 6.07) is 10.0. The minimum atomic E-state index is 0.711. The first-order chi connectivity index (χ1) is 7.90. The molecule has 2 rings (SSSR count). The van der Waals surface area contributed by atoms with E-state index in [1.54, 1.807) is 6.20 Å². The predicted molar refractivity (Wildman–Crippen MR) is 64.8 cm³/mol. The van der Waals surface area contributed by atoms with Crippen LogP contribution in [0.1, 0.15) is 5.56 Å². The van der Waals surface area contributed by atoms with Crippen LogP contribution in [0.4, 0.5) is 0 Å². The lowest BCUT2D eigenvalue weighted by atomic mass is 10.1. The van der Waals surface area contributed by atoms with E-state index in [1.165, 1.54) is 0 Å². The van der Waals surface area contributed by atoms with Crippen LogP contribution >= 0.6 is 0 Å². The Labute approximate surface area is 94.9 Å². The quantitative estimate of drug-likeness (QED) is 0.741. The molecule has 16 heavy (non-hydrogen) atoms. The van der Waals surface area contributed by atoms with Crippen molar-refractivity contribution in [2.75, 3.05) is 13.6 Å². The van der Waals surface area contributed by atoms with Gasteiger partial charge < -0.3 is 5.32 Å². The average molecular weight is 211 g/mol. The van der Waals surface area contributed by atoms with Crippen molar-refractivity contribution in [2.24, 2.45) is 0 Å². The third-order valence-corrected chi connectivity index (χ3v) is 2.19. The maximum absolute atomic E-state index is 3.92. The first kappa shape index (κ1) is 10.5. The largest absolute Gasteiger partial charge is 0.309 e. The molecule has 1 heterocycles. The summed E-state index contributed by atoms with van der Waals surface area (Å²) in [6.07, 6.45) is 1.75. The molecule has 0 aliphatic rings. The van der Waals surface area contributed by atoms with Crippen molar-refractivity contribution in [3.05, 3.63) is 42.1 Å². The highest BCUT2D eigenvalue weighted by Gasteiger charge is 1.97. The van der Waals surface area contributed by atoms with Crippen molar-refractivity contribution < 1.29 is 0 Å². The summed E-state index contributed by atoms with van der Waals surface area (Å²) >= 11 is 0. The Morgan fingerprint density at radius 1 is 1.25 bits per heavy atom. The van der Waals surface area contributed by atoms with Crippen molar-refractivity contribution in [1.82, 2.24) is 15.5 Å². The summed E-state index contributed by atoms with van der Waals surface area (Å²) in [5.41, 5.74) is 3.17. The van der Waals surface area contributed by atoms with Crippen LogP contribution in [0.15, 0.2) is 36.5 Å². The first-order valence-electron chi connectivity index (χ1n) is 5.13. The molecule has 2 N–H and O–H groups in total. The molecule has 3 heteroatoms. The summed E-state index contributed by atoms with van der Waals surface area (Å²) < 4.78 is 0. The Balaban J connectivity index is 2.15. The second-order valence-corrected chi connectivity index (χ2v) is 3.38. The molecule has 0 saturated heterocycles.